The Bertz CT molecular complexity index is 1330. The molecule has 0 amide bonds. The van der Waals surface area contributed by atoms with Crippen molar-refractivity contribution in [3.63, 3.8) is 0 Å². The molecule has 2 aromatic heterocycles. The van der Waals surface area contributed by atoms with Gasteiger partial charge < -0.3 is 15.6 Å². The van der Waals surface area contributed by atoms with E-state index in [0.717, 1.165) is 34.0 Å². The van der Waals surface area contributed by atoms with Crippen LogP contribution in [0.2, 0.25) is 0 Å². The van der Waals surface area contributed by atoms with Crippen LogP contribution in [0.1, 0.15) is 16.7 Å². The standard InChI is InChI=1S/C28H26N4O/c29-25(15-20-7-3-1-4-8-20)19-31-28-26(16-21-9-5-2-6-10-21)27(32-33-28)23-11-12-24-18-30-14-13-22(24)17-23/h1-14,17-18,25,31H,15-16,19,29H2. The largest absolute Gasteiger partial charge is 0.352 e. The Labute approximate surface area is 193 Å². The number of rotatable bonds is 8. The minimum Gasteiger partial charge on any atom is -0.352 e. The summed E-state index contributed by atoms with van der Waals surface area (Å²) in [6.07, 6.45) is 5.18. The van der Waals surface area contributed by atoms with Gasteiger partial charge in [0, 0.05) is 47.9 Å². The molecule has 3 N–H and O–H groups in total. The molecule has 0 fully saturated rings. The van der Waals surface area contributed by atoms with Gasteiger partial charge in [-0.3, -0.25) is 4.98 Å². The van der Waals surface area contributed by atoms with E-state index in [4.69, 9.17) is 10.3 Å². The highest BCUT2D eigenvalue weighted by Crippen LogP contribution is 2.32. The van der Waals surface area contributed by atoms with Crippen molar-refractivity contribution in [1.29, 1.82) is 0 Å². The van der Waals surface area contributed by atoms with E-state index in [9.17, 15) is 0 Å². The van der Waals surface area contributed by atoms with Gasteiger partial charge in [0.15, 0.2) is 0 Å². The van der Waals surface area contributed by atoms with E-state index >= 15 is 0 Å². The Balaban J connectivity index is 1.42. The third kappa shape index (κ3) is 4.94. The number of aromatic nitrogens is 2. The Morgan fingerprint density at radius 2 is 1.61 bits per heavy atom. The fraction of sp³-hybridized carbons (Fsp3) is 0.143. The zero-order chi connectivity index (χ0) is 22.5. The molecule has 0 bridgehead atoms. The van der Waals surface area contributed by atoms with Gasteiger partial charge in [0.05, 0.1) is 0 Å². The van der Waals surface area contributed by atoms with Gasteiger partial charge in [0.25, 0.3) is 0 Å². The van der Waals surface area contributed by atoms with Crippen molar-refractivity contribution in [2.24, 2.45) is 5.73 Å². The molecule has 0 saturated carbocycles. The lowest BCUT2D eigenvalue weighted by Crippen LogP contribution is -2.31. The fourth-order valence-electron chi connectivity index (χ4n) is 4.08. The van der Waals surface area contributed by atoms with E-state index < -0.39 is 0 Å². The zero-order valence-electron chi connectivity index (χ0n) is 18.3. The summed E-state index contributed by atoms with van der Waals surface area (Å²) in [4.78, 5) is 4.21. The summed E-state index contributed by atoms with van der Waals surface area (Å²) in [5.74, 6) is 0.673. The van der Waals surface area contributed by atoms with E-state index in [1.165, 1.54) is 11.1 Å². The van der Waals surface area contributed by atoms with Crippen LogP contribution in [-0.4, -0.2) is 22.7 Å². The summed E-state index contributed by atoms with van der Waals surface area (Å²) >= 11 is 0. The van der Waals surface area contributed by atoms with E-state index in [1.807, 2.05) is 36.5 Å². The van der Waals surface area contributed by atoms with Crippen LogP contribution in [0.15, 0.2) is 102 Å². The second kappa shape index (κ2) is 9.67. The first-order valence-electron chi connectivity index (χ1n) is 11.2. The molecule has 5 nitrogen and oxygen atoms in total. The highest BCUT2D eigenvalue weighted by molar-refractivity contribution is 5.86. The summed E-state index contributed by atoms with van der Waals surface area (Å²) < 4.78 is 5.81. The van der Waals surface area contributed by atoms with Crippen LogP contribution in [-0.2, 0) is 12.8 Å². The number of hydrogen-bond acceptors (Lipinski definition) is 5. The first kappa shape index (κ1) is 20.9. The van der Waals surface area contributed by atoms with E-state index in [1.54, 1.807) is 6.20 Å². The lowest BCUT2D eigenvalue weighted by molar-refractivity contribution is 0.432. The molecule has 0 aliphatic heterocycles. The van der Waals surface area contributed by atoms with Gasteiger partial charge >= 0.3 is 0 Å². The molecule has 1 unspecified atom stereocenters. The average molecular weight is 435 g/mol. The van der Waals surface area contributed by atoms with Crippen LogP contribution >= 0.6 is 0 Å². The molecule has 5 aromatic rings. The molecule has 0 spiro atoms. The lowest BCUT2D eigenvalue weighted by Gasteiger charge is -2.13. The van der Waals surface area contributed by atoms with Gasteiger partial charge in [-0.25, -0.2) is 0 Å². The van der Waals surface area contributed by atoms with Crippen molar-refractivity contribution < 1.29 is 4.52 Å². The maximum absolute atomic E-state index is 6.41. The highest BCUT2D eigenvalue weighted by Gasteiger charge is 2.19. The minimum absolute atomic E-state index is 0.0429. The van der Waals surface area contributed by atoms with E-state index in [0.29, 0.717) is 18.8 Å². The molecule has 2 heterocycles. The van der Waals surface area contributed by atoms with Gasteiger partial charge in [-0.1, -0.05) is 78.0 Å². The predicted octanol–water partition coefficient (Wildman–Crippen LogP) is 5.46. The number of nitrogens with two attached hydrogens (primary N) is 1. The topological polar surface area (TPSA) is 77.0 Å². The monoisotopic (exact) mass is 434 g/mol. The first-order chi connectivity index (χ1) is 16.3. The van der Waals surface area contributed by atoms with Gasteiger partial charge in [0.1, 0.15) is 5.69 Å². The number of hydrogen-bond donors (Lipinski definition) is 2. The van der Waals surface area contributed by atoms with Crippen LogP contribution in [0.25, 0.3) is 22.0 Å². The van der Waals surface area contributed by atoms with Crippen molar-refractivity contribution in [2.45, 2.75) is 18.9 Å². The number of pyridine rings is 1. The lowest BCUT2D eigenvalue weighted by atomic mass is 9.99. The van der Waals surface area contributed by atoms with Crippen LogP contribution in [0.3, 0.4) is 0 Å². The van der Waals surface area contributed by atoms with Crippen molar-refractivity contribution in [3.8, 4) is 11.3 Å². The maximum atomic E-state index is 6.41. The smallest absolute Gasteiger partial charge is 0.228 e. The van der Waals surface area contributed by atoms with Crippen LogP contribution in [0.4, 0.5) is 5.88 Å². The van der Waals surface area contributed by atoms with Gasteiger partial charge in [-0.05, 0) is 35.1 Å². The van der Waals surface area contributed by atoms with Crippen LogP contribution in [0.5, 0.6) is 0 Å². The fourth-order valence-corrected chi connectivity index (χ4v) is 4.08. The van der Waals surface area contributed by atoms with Gasteiger partial charge in [0.2, 0.25) is 5.88 Å². The van der Waals surface area contributed by atoms with E-state index in [2.05, 4.69) is 70.1 Å². The molecular formula is C28H26N4O. The highest BCUT2D eigenvalue weighted by atomic mass is 16.5. The molecule has 1 atom stereocenters. The van der Waals surface area contributed by atoms with Crippen molar-refractivity contribution >= 4 is 16.7 Å². The summed E-state index contributed by atoms with van der Waals surface area (Å²) in [7, 11) is 0. The minimum atomic E-state index is -0.0429. The normalized spacial score (nSPS) is 12.0. The number of fused-ring (bicyclic) bond motifs is 1. The second-order valence-corrected chi connectivity index (χ2v) is 8.27. The molecule has 0 saturated heterocycles. The Morgan fingerprint density at radius 1 is 0.848 bits per heavy atom. The SMILES string of the molecule is NC(CNc1onc(-c2ccc3cnccc3c2)c1Cc1ccccc1)Cc1ccccc1. The van der Waals surface area contributed by atoms with Crippen molar-refractivity contribution in [2.75, 3.05) is 11.9 Å². The Hall–Kier alpha value is -3.96. The Kier molecular flexibility index (Phi) is 6.13. The molecule has 5 rings (SSSR count). The summed E-state index contributed by atoms with van der Waals surface area (Å²) in [6, 6.07) is 28.9. The molecule has 0 radical (unpaired) electrons. The van der Waals surface area contributed by atoms with Gasteiger partial charge in [-0.2, -0.15) is 0 Å². The van der Waals surface area contributed by atoms with Crippen LogP contribution < -0.4 is 11.1 Å². The number of nitrogens with zero attached hydrogens (tertiary/aromatic N) is 2. The number of anilines is 1. The number of benzene rings is 3. The third-order valence-corrected chi connectivity index (χ3v) is 5.79. The second-order valence-electron chi connectivity index (χ2n) is 8.27. The summed E-state index contributed by atoms with van der Waals surface area (Å²) in [6.45, 7) is 0.592. The molecule has 164 valence electrons. The molecule has 5 heteroatoms. The average Bonchev–Trinajstić information content (AvgIpc) is 3.26. The predicted molar refractivity (Wildman–Crippen MR) is 133 cm³/mol. The molecule has 0 aliphatic rings. The van der Waals surface area contributed by atoms with Crippen molar-refractivity contribution in [3.05, 3.63) is 114 Å². The summed E-state index contributed by atoms with van der Waals surface area (Å²) in [5, 5.41) is 10.1. The van der Waals surface area contributed by atoms with E-state index in [-0.39, 0.29) is 6.04 Å². The van der Waals surface area contributed by atoms with Gasteiger partial charge in [-0.15, -0.1) is 0 Å². The van der Waals surface area contributed by atoms with Crippen molar-refractivity contribution in [1.82, 2.24) is 10.1 Å². The number of nitrogens with one attached hydrogen (secondary N) is 1. The first-order valence-corrected chi connectivity index (χ1v) is 11.2. The zero-order valence-corrected chi connectivity index (χ0v) is 18.3. The molecular weight excluding hydrogens is 408 g/mol. The Morgan fingerprint density at radius 3 is 2.39 bits per heavy atom. The maximum Gasteiger partial charge on any atom is 0.228 e. The third-order valence-electron chi connectivity index (χ3n) is 5.79. The molecule has 3 aromatic carbocycles. The molecule has 33 heavy (non-hydrogen) atoms. The molecule has 0 aliphatic carbocycles. The summed E-state index contributed by atoms with van der Waals surface area (Å²) in [5.41, 5.74) is 11.7. The quantitative estimate of drug-likeness (QED) is 0.339. The van der Waals surface area contributed by atoms with Crippen LogP contribution in [0, 0.1) is 0 Å².